The molecule has 0 spiro atoms. The van der Waals surface area contributed by atoms with Crippen LogP contribution in [0, 0.1) is 5.92 Å². The Bertz CT molecular complexity index is 528. The van der Waals surface area contributed by atoms with E-state index < -0.39 is 10.0 Å². The minimum absolute atomic E-state index is 0.411. The predicted octanol–water partition coefficient (Wildman–Crippen LogP) is 1.83. The molecule has 5 heteroatoms. The molecule has 0 amide bonds. The van der Waals surface area contributed by atoms with Crippen LogP contribution in [0.2, 0.25) is 0 Å². The number of sulfonamides is 1. The molecule has 0 saturated carbocycles. The van der Waals surface area contributed by atoms with E-state index in [1.807, 2.05) is 19.2 Å². The first-order valence-electron chi connectivity index (χ1n) is 6.77. The summed E-state index contributed by atoms with van der Waals surface area (Å²) in [4.78, 5) is 0.411. The highest BCUT2D eigenvalue weighted by Gasteiger charge is 2.28. The Kier molecular flexibility index (Phi) is 4.60. The second kappa shape index (κ2) is 6.03. The zero-order valence-corrected chi connectivity index (χ0v) is 12.4. The molecular formula is C14H22N2O2S. The van der Waals surface area contributed by atoms with Crippen molar-refractivity contribution in [3.05, 3.63) is 29.8 Å². The second-order valence-corrected chi connectivity index (χ2v) is 7.23. The standard InChI is InChI=1S/C14H22N2O2S/c1-12-5-4-8-16(11-12)19(17,18)14-7-3-6-13(9-14)10-15-2/h3,6-7,9,12,15H,4-5,8,10-11H2,1-2H3. The average molecular weight is 282 g/mol. The van der Waals surface area contributed by atoms with Crippen LogP contribution in [0.1, 0.15) is 25.3 Å². The maximum absolute atomic E-state index is 12.6. The molecule has 0 aliphatic carbocycles. The molecule has 1 saturated heterocycles. The van der Waals surface area contributed by atoms with Gasteiger partial charge in [-0.05, 0) is 43.5 Å². The average Bonchev–Trinajstić information content (AvgIpc) is 2.39. The van der Waals surface area contributed by atoms with E-state index in [2.05, 4.69) is 12.2 Å². The molecule has 0 radical (unpaired) electrons. The fraction of sp³-hybridized carbons (Fsp3) is 0.571. The van der Waals surface area contributed by atoms with Crippen molar-refractivity contribution in [1.82, 2.24) is 9.62 Å². The van der Waals surface area contributed by atoms with E-state index in [0.29, 0.717) is 30.4 Å². The number of hydrogen-bond donors (Lipinski definition) is 1. The van der Waals surface area contributed by atoms with Crippen LogP contribution < -0.4 is 5.32 Å². The molecule has 1 N–H and O–H groups in total. The molecule has 0 aromatic heterocycles. The van der Waals surface area contributed by atoms with Gasteiger partial charge in [0.2, 0.25) is 10.0 Å². The lowest BCUT2D eigenvalue weighted by molar-refractivity contribution is 0.281. The number of nitrogens with zero attached hydrogens (tertiary/aromatic N) is 1. The molecule has 1 aromatic rings. The Morgan fingerprint density at radius 3 is 2.89 bits per heavy atom. The largest absolute Gasteiger partial charge is 0.316 e. The summed E-state index contributed by atoms with van der Waals surface area (Å²) >= 11 is 0. The van der Waals surface area contributed by atoms with Gasteiger partial charge in [0.1, 0.15) is 0 Å². The van der Waals surface area contributed by atoms with Crippen LogP contribution >= 0.6 is 0 Å². The van der Waals surface area contributed by atoms with Crippen molar-refractivity contribution in [1.29, 1.82) is 0 Å². The van der Waals surface area contributed by atoms with E-state index in [4.69, 9.17) is 0 Å². The highest BCUT2D eigenvalue weighted by molar-refractivity contribution is 7.89. The van der Waals surface area contributed by atoms with Crippen molar-refractivity contribution in [3.63, 3.8) is 0 Å². The fourth-order valence-electron chi connectivity index (χ4n) is 2.53. The Labute approximate surface area is 115 Å². The van der Waals surface area contributed by atoms with Gasteiger partial charge in [0.15, 0.2) is 0 Å². The first-order valence-corrected chi connectivity index (χ1v) is 8.21. The van der Waals surface area contributed by atoms with Crippen LogP contribution in [-0.2, 0) is 16.6 Å². The number of nitrogens with one attached hydrogen (secondary N) is 1. The molecule has 1 fully saturated rings. The van der Waals surface area contributed by atoms with Gasteiger partial charge in [0.25, 0.3) is 0 Å². The van der Waals surface area contributed by atoms with E-state index in [1.54, 1.807) is 16.4 Å². The van der Waals surface area contributed by atoms with Crippen LogP contribution in [0.4, 0.5) is 0 Å². The molecule has 1 aliphatic heterocycles. The molecule has 106 valence electrons. The monoisotopic (exact) mass is 282 g/mol. The summed E-state index contributed by atoms with van der Waals surface area (Å²) in [6.45, 7) is 4.07. The van der Waals surface area contributed by atoms with Crippen LogP contribution in [-0.4, -0.2) is 32.9 Å². The third-order valence-corrected chi connectivity index (χ3v) is 5.40. The van der Waals surface area contributed by atoms with Gasteiger partial charge in [0.05, 0.1) is 4.90 Å². The molecule has 0 bridgehead atoms. The van der Waals surface area contributed by atoms with Gasteiger partial charge in [-0.3, -0.25) is 0 Å². The van der Waals surface area contributed by atoms with Gasteiger partial charge in [-0.1, -0.05) is 19.1 Å². The number of rotatable bonds is 4. The number of hydrogen-bond acceptors (Lipinski definition) is 3. The SMILES string of the molecule is CNCc1cccc(S(=O)(=O)N2CCCC(C)C2)c1. The number of benzene rings is 1. The van der Waals surface area contributed by atoms with Gasteiger partial charge in [-0.15, -0.1) is 0 Å². The molecule has 4 nitrogen and oxygen atoms in total. The zero-order valence-electron chi connectivity index (χ0n) is 11.6. The fourth-order valence-corrected chi connectivity index (χ4v) is 4.20. The highest BCUT2D eigenvalue weighted by atomic mass is 32.2. The van der Waals surface area contributed by atoms with Crippen molar-refractivity contribution in [3.8, 4) is 0 Å². The molecule has 1 aromatic carbocycles. The van der Waals surface area contributed by atoms with Crippen molar-refractivity contribution in [2.75, 3.05) is 20.1 Å². The molecule has 19 heavy (non-hydrogen) atoms. The first kappa shape index (κ1) is 14.5. The maximum atomic E-state index is 12.6. The van der Waals surface area contributed by atoms with Crippen LogP contribution in [0.3, 0.4) is 0 Å². The Hall–Kier alpha value is -0.910. The van der Waals surface area contributed by atoms with Gasteiger partial charge in [-0.25, -0.2) is 8.42 Å². The van der Waals surface area contributed by atoms with Crippen molar-refractivity contribution in [2.45, 2.75) is 31.2 Å². The number of piperidine rings is 1. The molecule has 1 atom stereocenters. The highest BCUT2D eigenvalue weighted by Crippen LogP contribution is 2.23. The maximum Gasteiger partial charge on any atom is 0.243 e. The topological polar surface area (TPSA) is 49.4 Å². The third kappa shape index (κ3) is 3.35. The van der Waals surface area contributed by atoms with Crippen LogP contribution in [0.5, 0.6) is 0 Å². The van der Waals surface area contributed by atoms with Gasteiger partial charge in [-0.2, -0.15) is 4.31 Å². The van der Waals surface area contributed by atoms with E-state index in [1.165, 1.54) is 0 Å². The minimum Gasteiger partial charge on any atom is -0.316 e. The Morgan fingerprint density at radius 1 is 1.42 bits per heavy atom. The molecule has 1 aliphatic rings. The van der Waals surface area contributed by atoms with E-state index in [0.717, 1.165) is 18.4 Å². The molecule has 2 rings (SSSR count). The van der Waals surface area contributed by atoms with Crippen LogP contribution in [0.25, 0.3) is 0 Å². The summed E-state index contributed by atoms with van der Waals surface area (Å²) in [7, 11) is -1.48. The molecular weight excluding hydrogens is 260 g/mol. The Morgan fingerprint density at radius 2 is 2.21 bits per heavy atom. The summed E-state index contributed by atoms with van der Waals surface area (Å²) in [5.41, 5.74) is 0.994. The predicted molar refractivity (Wildman–Crippen MR) is 76.4 cm³/mol. The van der Waals surface area contributed by atoms with Gasteiger partial charge in [0, 0.05) is 19.6 Å². The normalized spacial score (nSPS) is 21.5. The van der Waals surface area contributed by atoms with Gasteiger partial charge >= 0.3 is 0 Å². The van der Waals surface area contributed by atoms with Crippen molar-refractivity contribution < 1.29 is 8.42 Å². The minimum atomic E-state index is -3.33. The van der Waals surface area contributed by atoms with Crippen molar-refractivity contribution in [2.24, 2.45) is 5.92 Å². The third-order valence-electron chi connectivity index (χ3n) is 3.54. The summed E-state index contributed by atoms with van der Waals surface area (Å²) in [5, 5.41) is 3.04. The summed E-state index contributed by atoms with van der Waals surface area (Å²) in [6, 6.07) is 7.21. The lowest BCUT2D eigenvalue weighted by atomic mass is 10.0. The smallest absolute Gasteiger partial charge is 0.243 e. The lowest BCUT2D eigenvalue weighted by Crippen LogP contribution is -2.39. The second-order valence-electron chi connectivity index (χ2n) is 5.29. The lowest BCUT2D eigenvalue weighted by Gasteiger charge is -2.30. The molecule has 1 heterocycles. The van der Waals surface area contributed by atoms with Gasteiger partial charge < -0.3 is 5.32 Å². The summed E-state index contributed by atoms with van der Waals surface area (Å²) in [5.74, 6) is 0.448. The molecule has 1 unspecified atom stereocenters. The summed E-state index contributed by atoms with van der Waals surface area (Å²) in [6.07, 6.45) is 2.07. The van der Waals surface area contributed by atoms with E-state index in [9.17, 15) is 8.42 Å². The van der Waals surface area contributed by atoms with Crippen LogP contribution in [0.15, 0.2) is 29.2 Å². The Balaban J connectivity index is 2.25. The van der Waals surface area contributed by atoms with Crippen molar-refractivity contribution >= 4 is 10.0 Å². The van der Waals surface area contributed by atoms with E-state index >= 15 is 0 Å². The quantitative estimate of drug-likeness (QED) is 0.916. The first-order chi connectivity index (χ1) is 9.04. The summed E-state index contributed by atoms with van der Waals surface area (Å²) < 4.78 is 26.8. The van der Waals surface area contributed by atoms with E-state index in [-0.39, 0.29) is 0 Å². The zero-order chi connectivity index (χ0) is 13.9.